The van der Waals surface area contributed by atoms with Crippen molar-refractivity contribution in [2.45, 2.75) is 51.6 Å². The van der Waals surface area contributed by atoms with E-state index in [0.717, 1.165) is 37.2 Å². The van der Waals surface area contributed by atoms with Crippen LogP contribution < -0.4 is 10.6 Å². The summed E-state index contributed by atoms with van der Waals surface area (Å²) in [4.78, 5) is 6.79. The van der Waals surface area contributed by atoms with Crippen molar-refractivity contribution in [2.75, 3.05) is 18.0 Å². The Morgan fingerprint density at radius 2 is 2.00 bits per heavy atom. The Kier molecular flexibility index (Phi) is 5.62. The molecule has 2 atom stereocenters. The molecule has 1 aliphatic rings. The lowest BCUT2D eigenvalue weighted by molar-refractivity contribution is 0.387. The van der Waals surface area contributed by atoms with E-state index in [9.17, 15) is 5.11 Å². The van der Waals surface area contributed by atoms with E-state index in [1.165, 1.54) is 12.8 Å². The second-order valence-electron chi connectivity index (χ2n) is 5.71. The molecule has 0 radical (unpaired) electrons. The molecule has 0 amide bonds. The first-order chi connectivity index (χ1) is 10.2. The van der Waals surface area contributed by atoms with Gasteiger partial charge in [-0.1, -0.05) is 12.8 Å². The zero-order valence-corrected chi connectivity index (χ0v) is 13.1. The molecule has 1 fully saturated rings. The maximum atomic E-state index is 10.2. The van der Waals surface area contributed by atoms with Crippen LogP contribution in [-0.4, -0.2) is 36.5 Å². The number of aliphatic imine (C=N–C) groups is 1. The van der Waals surface area contributed by atoms with Crippen molar-refractivity contribution in [3.05, 3.63) is 23.8 Å². The molecule has 1 aromatic rings. The van der Waals surface area contributed by atoms with Crippen LogP contribution in [0.2, 0.25) is 0 Å². The van der Waals surface area contributed by atoms with Crippen LogP contribution in [0, 0.1) is 0 Å². The van der Waals surface area contributed by atoms with Crippen molar-refractivity contribution in [3.8, 4) is 5.75 Å². The number of phenolic OH excluding ortho intramolecular Hbond substituents is 1. The summed E-state index contributed by atoms with van der Waals surface area (Å²) in [5.74, 6) is 0.285. The van der Waals surface area contributed by atoms with Crippen molar-refractivity contribution in [1.82, 2.24) is 0 Å². The Balaban J connectivity index is 2.10. The first-order valence-electron chi connectivity index (χ1n) is 8.02. The monoisotopic (exact) mass is 289 g/mol. The fourth-order valence-corrected chi connectivity index (χ4v) is 2.93. The third-order valence-electron chi connectivity index (χ3n) is 4.33. The van der Waals surface area contributed by atoms with Gasteiger partial charge >= 0.3 is 0 Å². The molecule has 21 heavy (non-hydrogen) atoms. The first kappa shape index (κ1) is 15.8. The highest BCUT2D eigenvalue weighted by atomic mass is 16.3. The van der Waals surface area contributed by atoms with Crippen LogP contribution in [0.3, 0.4) is 0 Å². The van der Waals surface area contributed by atoms with Crippen LogP contribution in [-0.2, 0) is 0 Å². The van der Waals surface area contributed by atoms with Gasteiger partial charge < -0.3 is 15.7 Å². The minimum absolute atomic E-state index is 0.159. The zero-order chi connectivity index (χ0) is 15.2. The maximum absolute atomic E-state index is 10.2. The summed E-state index contributed by atoms with van der Waals surface area (Å²) in [5.41, 5.74) is 7.91. The molecule has 4 nitrogen and oxygen atoms in total. The normalized spacial score (nSPS) is 22.6. The lowest BCUT2D eigenvalue weighted by Crippen LogP contribution is -2.36. The van der Waals surface area contributed by atoms with Gasteiger partial charge in [0, 0.05) is 42.7 Å². The van der Waals surface area contributed by atoms with Crippen LogP contribution in [0.5, 0.6) is 5.75 Å². The van der Waals surface area contributed by atoms with Gasteiger partial charge in [-0.05, 0) is 38.8 Å². The number of hydrogen-bond donors (Lipinski definition) is 2. The average molecular weight is 289 g/mol. The van der Waals surface area contributed by atoms with Gasteiger partial charge in [0.1, 0.15) is 5.75 Å². The molecular weight excluding hydrogens is 262 g/mol. The van der Waals surface area contributed by atoms with Gasteiger partial charge in [-0.3, -0.25) is 4.99 Å². The summed E-state index contributed by atoms with van der Waals surface area (Å²) < 4.78 is 0. The molecule has 4 heteroatoms. The highest BCUT2D eigenvalue weighted by Crippen LogP contribution is 2.24. The molecular formula is C17H27N3O. The molecule has 2 unspecified atom stereocenters. The smallest absolute Gasteiger partial charge is 0.126 e. The van der Waals surface area contributed by atoms with Crippen LogP contribution in [0.1, 0.15) is 45.1 Å². The van der Waals surface area contributed by atoms with E-state index < -0.39 is 0 Å². The highest BCUT2D eigenvalue weighted by molar-refractivity contribution is 5.84. The van der Waals surface area contributed by atoms with E-state index in [0.29, 0.717) is 0 Å². The predicted octanol–water partition coefficient (Wildman–Crippen LogP) is 2.93. The fourth-order valence-electron chi connectivity index (χ4n) is 2.93. The Morgan fingerprint density at radius 1 is 1.29 bits per heavy atom. The number of benzene rings is 1. The predicted molar refractivity (Wildman–Crippen MR) is 89.5 cm³/mol. The molecule has 1 aromatic carbocycles. The standard InChI is InChI=1S/C17H27N3O/c1-3-20(4-2)14-10-9-13(17(21)11-14)12-19-16-8-6-5-7-15(16)18/h9-12,15-16,21H,3-8,18H2,1-2H3. The van der Waals surface area contributed by atoms with Crippen molar-refractivity contribution >= 4 is 11.9 Å². The molecule has 0 bridgehead atoms. The third-order valence-corrected chi connectivity index (χ3v) is 4.33. The summed E-state index contributed by atoms with van der Waals surface area (Å²) in [6.07, 6.45) is 6.28. The summed E-state index contributed by atoms with van der Waals surface area (Å²) >= 11 is 0. The van der Waals surface area contributed by atoms with Gasteiger partial charge in [0.25, 0.3) is 0 Å². The van der Waals surface area contributed by atoms with E-state index in [1.54, 1.807) is 6.21 Å². The molecule has 0 heterocycles. The molecule has 116 valence electrons. The maximum Gasteiger partial charge on any atom is 0.126 e. The quantitative estimate of drug-likeness (QED) is 0.819. The minimum Gasteiger partial charge on any atom is -0.507 e. The van der Waals surface area contributed by atoms with Gasteiger partial charge in [0.15, 0.2) is 0 Å². The number of rotatable bonds is 5. The fraction of sp³-hybridized carbons (Fsp3) is 0.588. The zero-order valence-electron chi connectivity index (χ0n) is 13.1. The Hall–Kier alpha value is -1.55. The third kappa shape index (κ3) is 3.97. The molecule has 1 aliphatic carbocycles. The molecule has 0 saturated heterocycles. The first-order valence-corrected chi connectivity index (χ1v) is 8.02. The lowest BCUT2D eigenvalue weighted by atomic mass is 9.91. The number of nitrogens with zero attached hydrogens (tertiary/aromatic N) is 2. The SMILES string of the molecule is CCN(CC)c1ccc(C=NC2CCCCC2N)c(O)c1. The Morgan fingerprint density at radius 3 is 2.62 bits per heavy atom. The van der Waals surface area contributed by atoms with Crippen molar-refractivity contribution in [1.29, 1.82) is 0 Å². The summed E-state index contributed by atoms with van der Waals surface area (Å²) in [6, 6.07) is 6.14. The molecule has 2 rings (SSSR count). The largest absolute Gasteiger partial charge is 0.507 e. The molecule has 0 aliphatic heterocycles. The summed E-state index contributed by atoms with van der Waals surface area (Å²) in [7, 11) is 0. The summed E-state index contributed by atoms with van der Waals surface area (Å²) in [5, 5.41) is 10.2. The van der Waals surface area contributed by atoms with Gasteiger partial charge in [-0.25, -0.2) is 0 Å². The topological polar surface area (TPSA) is 61.8 Å². The van der Waals surface area contributed by atoms with Crippen molar-refractivity contribution in [2.24, 2.45) is 10.7 Å². The van der Waals surface area contributed by atoms with Crippen LogP contribution in [0.25, 0.3) is 0 Å². The summed E-state index contributed by atoms with van der Waals surface area (Å²) in [6.45, 7) is 6.08. The highest BCUT2D eigenvalue weighted by Gasteiger charge is 2.20. The van der Waals surface area contributed by atoms with Gasteiger partial charge in [0.05, 0.1) is 6.04 Å². The van der Waals surface area contributed by atoms with E-state index >= 15 is 0 Å². The van der Waals surface area contributed by atoms with E-state index in [4.69, 9.17) is 5.73 Å². The van der Waals surface area contributed by atoms with Crippen LogP contribution >= 0.6 is 0 Å². The van der Waals surface area contributed by atoms with E-state index in [-0.39, 0.29) is 17.8 Å². The molecule has 1 saturated carbocycles. The van der Waals surface area contributed by atoms with Crippen LogP contribution in [0.15, 0.2) is 23.2 Å². The van der Waals surface area contributed by atoms with Crippen LogP contribution in [0.4, 0.5) is 5.69 Å². The van der Waals surface area contributed by atoms with Crippen molar-refractivity contribution < 1.29 is 5.11 Å². The number of phenols is 1. The molecule has 0 spiro atoms. The Labute approximate surface area is 127 Å². The molecule has 0 aromatic heterocycles. The minimum atomic E-state index is 0.159. The van der Waals surface area contributed by atoms with Crippen molar-refractivity contribution in [3.63, 3.8) is 0 Å². The number of anilines is 1. The Bertz CT molecular complexity index is 483. The lowest BCUT2D eigenvalue weighted by Gasteiger charge is -2.25. The van der Waals surface area contributed by atoms with E-state index in [2.05, 4.69) is 23.7 Å². The number of nitrogens with two attached hydrogens (primary N) is 1. The van der Waals surface area contributed by atoms with Gasteiger partial charge in [0.2, 0.25) is 0 Å². The number of hydrogen-bond acceptors (Lipinski definition) is 4. The average Bonchev–Trinajstić information content (AvgIpc) is 2.49. The van der Waals surface area contributed by atoms with Gasteiger partial charge in [-0.15, -0.1) is 0 Å². The molecule has 3 N–H and O–H groups in total. The second kappa shape index (κ2) is 7.46. The second-order valence-corrected chi connectivity index (χ2v) is 5.71. The number of aromatic hydroxyl groups is 1. The van der Waals surface area contributed by atoms with E-state index in [1.807, 2.05) is 18.2 Å². The van der Waals surface area contributed by atoms with Gasteiger partial charge in [-0.2, -0.15) is 0 Å².